The van der Waals surface area contributed by atoms with Crippen molar-refractivity contribution < 1.29 is 19.4 Å². The highest BCUT2D eigenvalue weighted by Crippen LogP contribution is 2.32. The normalized spacial score (nSPS) is 12.3. The van der Waals surface area contributed by atoms with Crippen LogP contribution in [0, 0.1) is 0 Å². The van der Waals surface area contributed by atoms with Gasteiger partial charge in [0, 0.05) is 5.56 Å². The maximum absolute atomic E-state index is 11.5. The molecule has 0 radical (unpaired) electrons. The number of carbonyl (C=O) groups excluding carboxylic acids is 1. The van der Waals surface area contributed by atoms with E-state index in [4.69, 9.17) is 4.74 Å². The summed E-state index contributed by atoms with van der Waals surface area (Å²) in [6.07, 6.45) is 0.710. The molecule has 1 N–H and O–H groups in total. The molecule has 0 spiro atoms. The summed E-state index contributed by atoms with van der Waals surface area (Å²) in [6, 6.07) is 5.59. The SMILES string of the molecule is CCC(CC)c1ccc(OC)c(C(O)C(=O)OC)c1. The van der Waals surface area contributed by atoms with Gasteiger partial charge in [-0.2, -0.15) is 0 Å². The standard InChI is InChI=1S/C15H22O4/c1-5-10(6-2)11-7-8-13(18-3)12(9-11)14(16)15(17)19-4/h7-10,14,16H,5-6H2,1-4H3. The Hall–Kier alpha value is -1.55. The van der Waals surface area contributed by atoms with Crippen LogP contribution in [0.3, 0.4) is 0 Å². The van der Waals surface area contributed by atoms with Crippen molar-refractivity contribution in [2.45, 2.75) is 38.7 Å². The van der Waals surface area contributed by atoms with Gasteiger partial charge in [-0.25, -0.2) is 4.79 Å². The fourth-order valence-corrected chi connectivity index (χ4v) is 2.22. The van der Waals surface area contributed by atoms with Crippen LogP contribution in [0.4, 0.5) is 0 Å². The van der Waals surface area contributed by atoms with Crippen LogP contribution in [0.2, 0.25) is 0 Å². The molecular formula is C15H22O4. The molecule has 0 saturated carbocycles. The predicted molar refractivity (Wildman–Crippen MR) is 73.3 cm³/mol. The molecule has 4 heteroatoms. The maximum Gasteiger partial charge on any atom is 0.339 e. The molecule has 0 fully saturated rings. The molecule has 0 amide bonds. The van der Waals surface area contributed by atoms with Crippen LogP contribution in [0.1, 0.15) is 49.8 Å². The lowest BCUT2D eigenvalue weighted by atomic mass is 9.91. The Morgan fingerprint density at radius 3 is 2.37 bits per heavy atom. The number of hydrogen-bond acceptors (Lipinski definition) is 4. The van der Waals surface area contributed by atoms with Crippen LogP contribution >= 0.6 is 0 Å². The molecule has 0 aliphatic carbocycles. The molecule has 4 nitrogen and oxygen atoms in total. The molecular weight excluding hydrogens is 244 g/mol. The van der Waals surface area contributed by atoms with Crippen molar-refractivity contribution in [3.63, 3.8) is 0 Å². The summed E-state index contributed by atoms with van der Waals surface area (Å²) in [5.74, 6) is 0.224. The van der Waals surface area contributed by atoms with Crippen molar-refractivity contribution in [2.75, 3.05) is 14.2 Å². The van der Waals surface area contributed by atoms with E-state index >= 15 is 0 Å². The number of aliphatic hydroxyl groups excluding tert-OH is 1. The summed E-state index contributed by atoms with van der Waals surface area (Å²) in [5.41, 5.74) is 1.56. The zero-order valence-electron chi connectivity index (χ0n) is 12.0. The van der Waals surface area contributed by atoms with Gasteiger partial charge in [-0.3, -0.25) is 0 Å². The first-order valence-corrected chi connectivity index (χ1v) is 6.52. The average molecular weight is 266 g/mol. The zero-order valence-corrected chi connectivity index (χ0v) is 12.0. The summed E-state index contributed by atoms with van der Waals surface area (Å²) in [6.45, 7) is 4.24. The van der Waals surface area contributed by atoms with E-state index in [2.05, 4.69) is 18.6 Å². The summed E-state index contributed by atoms with van der Waals surface area (Å²) in [5, 5.41) is 10.00. The molecule has 0 aliphatic heterocycles. The predicted octanol–water partition coefficient (Wildman–Crippen LogP) is 2.81. The molecule has 106 valence electrons. The minimum Gasteiger partial charge on any atom is -0.496 e. The van der Waals surface area contributed by atoms with Crippen LogP contribution in [0.15, 0.2) is 18.2 Å². The molecule has 0 aromatic heterocycles. The van der Waals surface area contributed by atoms with E-state index in [0.29, 0.717) is 17.2 Å². The quantitative estimate of drug-likeness (QED) is 0.804. The Morgan fingerprint density at radius 2 is 1.89 bits per heavy atom. The van der Waals surface area contributed by atoms with Gasteiger partial charge in [-0.1, -0.05) is 19.9 Å². The topological polar surface area (TPSA) is 55.8 Å². The molecule has 1 aromatic carbocycles. The molecule has 1 rings (SSSR count). The lowest BCUT2D eigenvalue weighted by molar-refractivity contribution is -0.150. The van der Waals surface area contributed by atoms with Gasteiger partial charge in [0.1, 0.15) is 5.75 Å². The monoisotopic (exact) mass is 266 g/mol. The molecule has 0 saturated heterocycles. The second-order valence-corrected chi connectivity index (χ2v) is 4.44. The number of aliphatic hydroxyl groups is 1. The van der Waals surface area contributed by atoms with Crippen molar-refractivity contribution in [1.29, 1.82) is 0 Å². The largest absolute Gasteiger partial charge is 0.496 e. The van der Waals surface area contributed by atoms with Gasteiger partial charge in [0.15, 0.2) is 6.10 Å². The van der Waals surface area contributed by atoms with Crippen LogP contribution in [0.25, 0.3) is 0 Å². The molecule has 19 heavy (non-hydrogen) atoms. The second-order valence-electron chi connectivity index (χ2n) is 4.44. The highest BCUT2D eigenvalue weighted by atomic mass is 16.5. The average Bonchev–Trinajstić information content (AvgIpc) is 2.46. The van der Waals surface area contributed by atoms with Gasteiger partial charge >= 0.3 is 5.97 Å². The van der Waals surface area contributed by atoms with E-state index < -0.39 is 12.1 Å². The number of hydrogen-bond donors (Lipinski definition) is 1. The number of benzene rings is 1. The minimum atomic E-state index is -1.31. The Bertz CT molecular complexity index is 424. The molecule has 1 aromatic rings. The van der Waals surface area contributed by atoms with Crippen molar-refractivity contribution in [2.24, 2.45) is 0 Å². The van der Waals surface area contributed by atoms with Gasteiger partial charge in [0.25, 0.3) is 0 Å². The van der Waals surface area contributed by atoms with Gasteiger partial charge in [-0.05, 0) is 36.5 Å². The lowest BCUT2D eigenvalue weighted by Gasteiger charge is -2.18. The first-order valence-electron chi connectivity index (χ1n) is 6.52. The number of carbonyl (C=O) groups is 1. The Balaban J connectivity index is 3.19. The van der Waals surface area contributed by atoms with Crippen LogP contribution in [-0.2, 0) is 9.53 Å². The first-order chi connectivity index (χ1) is 9.08. The maximum atomic E-state index is 11.5. The van der Waals surface area contributed by atoms with Crippen LogP contribution in [-0.4, -0.2) is 25.3 Å². The molecule has 1 unspecified atom stereocenters. The van der Waals surface area contributed by atoms with E-state index in [9.17, 15) is 9.90 Å². The van der Waals surface area contributed by atoms with Crippen molar-refractivity contribution in [1.82, 2.24) is 0 Å². The summed E-state index contributed by atoms with van der Waals surface area (Å²) in [7, 11) is 2.77. The summed E-state index contributed by atoms with van der Waals surface area (Å²) in [4.78, 5) is 11.5. The van der Waals surface area contributed by atoms with Crippen molar-refractivity contribution >= 4 is 5.97 Å². The van der Waals surface area contributed by atoms with Gasteiger partial charge in [-0.15, -0.1) is 0 Å². The molecule has 0 bridgehead atoms. The second kappa shape index (κ2) is 7.14. The number of esters is 1. The molecule has 0 aliphatic rings. The van der Waals surface area contributed by atoms with Gasteiger partial charge < -0.3 is 14.6 Å². The smallest absolute Gasteiger partial charge is 0.339 e. The Kier molecular flexibility index (Phi) is 5.83. The van der Waals surface area contributed by atoms with E-state index in [0.717, 1.165) is 18.4 Å². The third kappa shape index (κ3) is 3.47. The highest BCUT2D eigenvalue weighted by molar-refractivity contribution is 5.77. The lowest BCUT2D eigenvalue weighted by Crippen LogP contribution is -2.15. The fraction of sp³-hybridized carbons (Fsp3) is 0.533. The van der Waals surface area contributed by atoms with Crippen LogP contribution in [0.5, 0.6) is 5.75 Å². The first kappa shape index (κ1) is 15.5. The van der Waals surface area contributed by atoms with Crippen molar-refractivity contribution in [3.8, 4) is 5.75 Å². The minimum absolute atomic E-state index is 0.412. The highest BCUT2D eigenvalue weighted by Gasteiger charge is 2.23. The fourth-order valence-electron chi connectivity index (χ4n) is 2.22. The molecule has 0 heterocycles. The summed E-state index contributed by atoms with van der Waals surface area (Å²) >= 11 is 0. The van der Waals surface area contributed by atoms with Crippen molar-refractivity contribution in [3.05, 3.63) is 29.3 Å². The van der Waals surface area contributed by atoms with Gasteiger partial charge in [0.05, 0.1) is 14.2 Å². The third-order valence-electron chi connectivity index (χ3n) is 3.43. The van der Waals surface area contributed by atoms with Gasteiger partial charge in [0.2, 0.25) is 0 Å². The number of rotatable bonds is 6. The van der Waals surface area contributed by atoms with E-state index in [1.807, 2.05) is 12.1 Å². The third-order valence-corrected chi connectivity index (χ3v) is 3.43. The van der Waals surface area contributed by atoms with E-state index in [1.165, 1.54) is 14.2 Å². The van der Waals surface area contributed by atoms with Crippen LogP contribution < -0.4 is 4.74 Å². The zero-order chi connectivity index (χ0) is 14.4. The van der Waals surface area contributed by atoms with E-state index in [1.54, 1.807) is 6.07 Å². The number of methoxy groups -OCH3 is 2. The molecule has 1 atom stereocenters. The number of ether oxygens (including phenoxy) is 2. The van der Waals surface area contributed by atoms with E-state index in [-0.39, 0.29) is 0 Å². The summed E-state index contributed by atoms with van der Waals surface area (Å²) < 4.78 is 9.77. The Labute approximate surface area is 114 Å². The Morgan fingerprint density at radius 1 is 1.26 bits per heavy atom.